The summed E-state index contributed by atoms with van der Waals surface area (Å²) in [6.07, 6.45) is 2.84. The average molecular weight is 391 g/mol. The maximum Gasteiger partial charge on any atom is 0.0850 e. The molecule has 6 heteroatoms. The van der Waals surface area contributed by atoms with Gasteiger partial charge in [-0.15, -0.1) is 11.3 Å². The van der Waals surface area contributed by atoms with Crippen LogP contribution < -0.4 is 5.32 Å². The minimum absolute atomic E-state index is 0.277. The first-order valence-electron chi connectivity index (χ1n) is 7.24. The molecule has 1 atom stereocenters. The van der Waals surface area contributed by atoms with E-state index in [0.717, 1.165) is 46.7 Å². The van der Waals surface area contributed by atoms with E-state index in [-0.39, 0.29) is 6.04 Å². The van der Waals surface area contributed by atoms with Crippen LogP contribution >= 0.6 is 38.9 Å². The number of hydrogen-bond donors (Lipinski definition) is 1. The Hall–Kier alpha value is -0.360. The molecule has 2 aromatic heterocycles. The van der Waals surface area contributed by atoms with Gasteiger partial charge in [0.15, 0.2) is 0 Å². The van der Waals surface area contributed by atoms with Gasteiger partial charge in [-0.05, 0) is 41.4 Å². The number of nitrogens with zero attached hydrogens (tertiary/aromatic N) is 2. The van der Waals surface area contributed by atoms with Crippen LogP contribution in [0.4, 0.5) is 0 Å². The van der Waals surface area contributed by atoms with Gasteiger partial charge in [-0.25, -0.2) is 0 Å². The second kappa shape index (κ2) is 7.77. The topological polar surface area (TPSA) is 29.9 Å². The molecule has 0 fully saturated rings. The van der Waals surface area contributed by atoms with Gasteiger partial charge >= 0.3 is 0 Å². The third kappa shape index (κ3) is 4.09. The van der Waals surface area contributed by atoms with E-state index in [9.17, 15) is 0 Å². The number of halogens is 2. The maximum absolute atomic E-state index is 6.48. The number of aromatic nitrogens is 2. The molecule has 0 aliphatic rings. The molecule has 0 bridgehead atoms. The predicted octanol–water partition coefficient (Wildman–Crippen LogP) is 4.74. The van der Waals surface area contributed by atoms with Crippen LogP contribution in [0.2, 0.25) is 5.02 Å². The van der Waals surface area contributed by atoms with E-state index in [1.807, 2.05) is 11.7 Å². The molecular formula is C15H21BrClN3S. The zero-order chi connectivity index (χ0) is 15.4. The molecule has 0 saturated heterocycles. The molecule has 2 heterocycles. The number of thiophene rings is 1. The number of aryl methyl sites for hydroxylation is 2. The highest BCUT2D eigenvalue weighted by atomic mass is 79.9. The highest BCUT2D eigenvalue weighted by Crippen LogP contribution is 2.30. The minimum Gasteiger partial charge on any atom is -0.309 e. The molecule has 2 rings (SSSR count). The lowest BCUT2D eigenvalue weighted by molar-refractivity contribution is 0.518. The fourth-order valence-corrected chi connectivity index (χ4v) is 4.23. The SMILES string of the molecule is CCCNC(Cc1c(Cl)c(CC)nn1C)c1cc(Br)cs1. The van der Waals surface area contributed by atoms with Crippen LogP contribution in [-0.2, 0) is 19.9 Å². The highest BCUT2D eigenvalue weighted by molar-refractivity contribution is 9.10. The summed E-state index contributed by atoms with van der Waals surface area (Å²) in [7, 11) is 1.97. The van der Waals surface area contributed by atoms with Gasteiger partial charge in [0.05, 0.1) is 16.4 Å². The Bertz CT molecular complexity index is 594. The quantitative estimate of drug-likeness (QED) is 0.739. The van der Waals surface area contributed by atoms with Gasteiger partial charge in [-0.2, -0.15) is 5.10 Å². The van der Waals surface area contributed by atoms with Gasteiger partial charge < -0.3 is 5.32 Å². The lowest BCUT2D eigenvalue weighted by atomic mass is 10.1. The van der Waals surface area contributed by atoms with Crippen LogP contribution in [0.5, 0.6) is 0 Å². The summed E-state index contributed by atoms with van der Waals surface area (Å²) >= 11 is 11.8. The fraction of sp³-hybridized carbons (Fsp3) is 0.533. The average Bonchev–Trinajstić information content (AvgIpc) is 3.00. The van der Waals surface area contributed by atoms with E-state index >= 15 is 0 Å². The Labute approximate surface area is 143 Å². The Morgan fingerprint density at radius 1 is 1.48 bits per heavy atom. The van der Waals surface area contributed by atoms with E-state index < -0.39 is 0 Å². The zero-order valence-electron chi connectivity index (χ0n) is 12.6. The standard InChI is InChI=1S/C15H21BrClN3S/c1-4-6-18-12(14-7-10(16)9-21-14)8-13-15(17)11(5-2)19-20(13)3/h7,9,12,18H,4-6,8H2,1-3H3. The molecule has 0 aromatic carbocycles. The lowest BCUT2D eigenvalue weighted by Gasteiger charge is -2.17. The number of nitrogens with one attached hydrogen (secondary N) is 1. The van der Waals surface area contributed by atoms with Gasteiger partial charge in [0.2, 0.25) is 0 Å². The first-order valence-corrected chi connectivity index (χ1v) is 9.29. The Morgan fingerprint density at radius 2 is 2.24 bits per heavy atom. The molecule has 0 saturated carbocycles. The highest BCUT2D eigenvalue weighted by Gasteiger charge is 2.20. The minimum atomic E-state index is 0.277. The summed E-state index contributed by atoms with van der Waals surface area (Å²) in [6, 6.07) is 2.46. The molecule has 0 aliphatic carbocycles. The summed E-state index contributed by atoms with van der Waals surface area (Å²) in [5.41, 5.74) is 2.09. The largest absolute Gasteiger partial charge is 0.309 e. The van der Waals surface area contributed by atoms with Crippen molar-refractivity contribution in [2.24, 2.45) is 7.05 Å². The normalized spacial score (nSPS) is 12.8. The van der Waals surface area contributed by atoms with E-state index in [1.165, 1.54) is 4.88 Å². The molecule has 0 radical (unpaired) electrons. The van der Waals surface area contributed by atoms with Crippen molar-refractivity contribution in [3.63, 3.8) is 0 Å². The van der Waals surface area contributed by atoms with E-state index in [0.29, 0.717) is 0 Å². The third-order valence-electron chi connectivity index (χ3n) is 3.47. The molecule has 21 heavy (non-hydrogen) atoms. The molecule has 3 nitrogen and oxygen atoms in total. The Morgan fingerprint density at radius 3 is 2.76 bits per heavy atom. The molecule has 116 valence electrons. The molecule has 2 aromatic rings. The molecule has 1 N–H and O–H groups in total. The fourth-order valence-electron chi connectivity index (χ4n) is 2.34. The van der Waals surface area contributed by atoms with Gasteiger partial charge in [-0.1, -0.05) is 25.4 Å². The van der Waals surface area contributed by atoms with Crippen molar-refractivity contribution in [1.82, 2.24) is 15.1 Å². The Balaban J connectivity index is 2.24. The number of rotatable bonds is 7. The maximum atomic E-state index is 6.48. The van der Waals surface area contributed by atoms with Gasteiger partial charge in [-0.3, -0.25) is 4.68 Å². The van der Waals surface area contributed by atoms with Crippen molar-refractivity contribution in [3.8, 4) is 0 Å². The first kappa shape index (κ1) is 17.0. The van der Waals surface area contributed by atoms with Crippen LogP contribution in [0, 0.1) is 0 Å². The van der Waals surface area contributed by atoms with Crippen molar-refractivity contribution in [2.45, 2.75) is 39.2 Å². The van der Waals surface area contributed by atoms with Crippen molar-refractivity contribution in [1.29, 1.82) is 0 Å². The molecule has 0 aliphatic heterocycles. The third-order valence-corrected chi connectivity index (χ3v) is 5.72. The van der Waals surface area contributed by atoms with Crippen LogP contribution in [0.25, 0.3) is 0 Å². The van der Waals surface area contributed by atoms with Crippen LogP contribution in [-0.4, -0.2) is 16.3 Å². The van der Waals surface area contributed by atoms with Gasteiger partial charge in [0.1, 0.15) is 0 Å². The van der Waals surface area contributed by atoms with Crippen LogP contribution in [0.1, 0.15) is 42.6 Å². The smallest absolute Gasteiger partial charge is 0.0850 e. The lowest BCUT2D eigenvalue weighted by Crippen LogP contribution is -2.24. The Kier molecular flexibility index (Phi) is 6.29. The van der Waals surface area contributed by atoms with E-state index in [2.05, 4.69) is 51.6 Å². The summed E-state index contributed by atoms with van der Waals surface area (Å²) in [6.45, 7) is 5.26. The summed E-state index contributed by atoms with van der Waals surface area (Å²) < 4.78 is 3.06. The summed E-state index contributed by atoms with van der Waals surface area (Å²) in [4.78, 5) is 1.32. The second-order valence-corrected chi connectivity index (χ2v) is 7.30. The van der Waals surface area contributed by atoms with Crippen molar-refractivity contribution in [3.05, 3.63) is 37.2 Å². The molecule has 0 spiro atoms. The first-order chi connectivity index (χ1) is 10.1. The van der Waals surface area contributed by atoms with E-state index in [4.69, 9.17) is 11.6 Å². The van der Waals surface area contributed by atoms with Crippen molar-refractivity contribution >= 4 is 38.9 Å². The van der Waals surface area contributed by atoms with Crippen molar-refractivity contribution < 1.29 is 0 Å². The summed E-state index contributed by atoms with van der Waals surface area (Å²) in [5.74, 6) is 0. The van der Waals surface area contributed by atoms with Gasteiger partial charge in [0, 0.05) is 34.2 Å². The van der Waals surface area contributed by atoms with Gasteiger partial charge in [0.25, 0.3) is 0 Å². The monoisotopic (exact) mass is 389 g/mol. The molecule has 0 amide bonds. The number of hydrogen-bond acceptors (Lipinski definition) is 3. The van der Waals surface area contributed by atoms with Crippen LogP contribution in [0.3, 0.4) is 0 Å². The van der Waals surface area contributed by atoms with Crippen molar-refractivity contribution in [2.75, 3.05) is 6.54 Å². The molecule has 1 unspecified atom stereocenters. The summed E-state index contributed by atoms with van der Waals surface area (Å²) in [5, 5.41) is 11.1. The molecular weight excluding hydrogens is 370 g/mol. The predicted molar refractivity (Wildman–Crippen MR) is 94.4 cm³/mol. The zero-order valence-corrected chi connectivity index (χ0v) is 15.8. The van der Waals surface area contributed by atoms with Crippen LogP contribution in [0.15, 0.2) is 15.9 Å². The second-order valence-electron chi connectivity index (χ2n) is 5.06. The van der Waals surface area contributed by atoms with E-state index in [1.54, 1.807) is 11.3 Å².